The van der Waals surface area contributed by atoms with Gasteiger partial charge in [0, 0.05) is 44.7 Å². The molecule has 1 aliphatic heterocycles. The molecular weight excluding hydrogens is 291 g/mol. The van der Waals surface area contributed by atoms with Gasteiger partial charge in [-0.15, -0.1) is 0 Å². The Balaban J connectivity index is 0.000000626. The summed E-state index contributed by atoms with van der Waals surface area (Å²) in [7, 11) is -2.05. The average Bonchev–Trinajstić information content (AvgIpc) is 2.47. The highest BCUT2D eigenvalue weighted by molar-refractivity contribution is 7.60. The third-order valence-corrected chi connectivity index (χ3v) is 7.15. The summed E-state index contributed by atoms with van der Waals surface area (Å²) in [5.41, 5.74) is 1.21. The normalized spacial score (nSPS) is 18.9. The SMILES string of the molecule is C=C(C(C)C)N1CCN(P(C)(=O)CC)CC1.CCCC(C)C. The van der Waals surface area contributed by atoms with Crippen molar-refractivity contribution in [2.45, 2.75) is 54.4 Å². The highest BCUT2D eigenvalue weighted by Crippen LogP contribution is 2.45. The Bertz CT molecular complexity index is 358. The first-order valence-corrected chi connectivity index (χ1v) is 11.2. The summed E-state index contributed by atoms with van der Waals surface area (Å²) >= 11 is 0. The monoisotopic (exact) mass is 330 g/mol. The number of rotatable bonds is 6. The predicted octanol–water partition coefficient (Wildman–Crippen LogP) is 5.14. The maximum atomic E-state index is 12.2. The fourth-order valence-corrected chi connectivity index (χ4v) is 3.97. The molecule has 0 bridgehead atoms. The zero-order chi connectivity index (χ0) is 17.3. The van der Waals surface area contributed by atoms with E-state index in [-0.39, 0.29) is 0 Å². The third kappa shape index (κ3) is 7.83. The molecule has 0 radical (unpaired) electrons. The van der Waals surface area contributed by atoms with Crippen LogP contribution in [0.3, 0.4) is 0 Å². The summed E-state index contributed by atoms with van der Waals surface area (Å²) in [4.78, 5) is 2.33. The van der Waals surface area contributed by atoms with Gasteiger partial charge >= 0.3 is 0 Å². The van der Waals surface area contributed by atoms with E-state index in [1.165, 1.54) is 18.5 Å². The van der Waals surface area contributed by atoms with E-state index < -0.39 is 7.29 Å². The molecule has 0 aromatic rings. The molecule has 0 spiro atoms. The van der Waals surface area contributed by atoms with Crippen molar-refractivity contribution in [3.8, 4) is 0 Å². The smallest absolute Gasteiger partial charge is 0.147 e. The van der Waals surface area contributed by atoms with Crippen LogP contribution in [0.4, 0.5) is 0 Å². The van der Waals surface area contributed by atoms with Crippen molar-refractivity contribution < 1.29 is 4.57 Å². The van der Waals surface area contributed by atoms with Crippen LogP contribution in [0.5, 0.6) is 0 Å². The van der Waals surface area contributed by atoms with Gasteiger partial charge in [-0.1, -0.05) is 61.0 Å². The minimum Gasteiger partial charge on any atom is -0.372 e. The molecule has 3 nitrogen and oxygen atoms in total. The van der Waals surface area contributed by atoms with E-state index in [1.807, 2.05) is 13.6 Å². The maximum absolute atomic E-state index is 12.2. The van der Waals surface area contributed by atoms with E-state index in [4.69, 9.17) is 0 Å². The van der Waals surface area contributed by atoms with Crippen molar-refractivity contribution >= 4 is 7.29 Å². The zero-order valence-corrected chi connectivity index (χ0v) is 17.0. The Labute approximate surface area is 139 Å². The summed E-state index contributed by atoms with van der Waals surface area (Å²) in [5.74, 6) is 1.40. The van der Waals surface area contributed by atoms with Crippen LogP contribution in [0.15, 0.2) is 12.3 Å². The van der Waals surface area contributed by atoms with E-state index in [1.54, 1.807) is 0 Å². The van der Waals surface area contributed by atoms with Crippen LogP contribution in [0.1, 0.15) is 54.4 Å². The molecule has 0 aliphatic carbocycles. The lowest BCUT2D eigenvalue weighted by molar-refractivity contribution is 0.214. The topological polar surface area (TPSA) is 23.6 Å². The van der Waals surface area contributed by atoms with Crippen LogP contribution >= 0.6 is 7.29 Å². The fourth-order valence-electron chi connectivity index (χ4n) is 2.55. The quantitative estimate of drug-likeness (QED) is 0.630. The van der Waals surface area contributed by atoms with Gasteiger partial charge in [0.15, 0.2) is 0 Å². The second-order valence-electron chi connectivity index (χ2n) is 7.14. The van der Waals surface area contributed by atoms with Gasteiger partial charge in [-0.05, 0) is 11.8 Å². The number of nitrogens with zero attached hydrogens (tertiary/aromatic N) is 2. The van der Waals surface area contributed by atoms with Crippen molar-refractivity contribution in [1.82, 2.24) is 9.57 Å². The zero-order valence-electron chi connectivity index (χ0n) is 16.1. The Kier molecular flexibility index (Phi) is 10.4. The molecular formula is C18H39N2OP. The second-order valence-corrected chi connectivity index (χ2v) is 10.4. The molecule has 1 atom stereocenters. The Morgan fingerprint density at radius 3 is 1.86 bits per heavy atom. The molecule has 132 valence electrons. The molecule has 4 heteroatoms. The van der Waals surface area contributed by atoms with Crippen LogP contribution in [0.2, 0.25) is 0 Å². The Hall–Kier alpha value is -0.270. The summed E-state index contributed by atoms with van der Waals surface area (Å²) in [6.45, 7) is 22.9. The molecule has 0 saturated carbocycles. The average molecular weight is 330 g/mol. The second kappa shape index (κ2) is 10.5. The van der Waals surface area contributed by atoms with E-state index in [2.05, 4.69) is 50.8 Å². The predicted molar refractivity (Wildman–Crippen MR) is 101 cm³/mol. The van der Waals surface area contributed by atoms with Gasteiger partial charge in [-0.3, -0.25) is 0 Å². The summed E-state index contributed by atoms with van der Waals surface area (Å²) < 4.78 is 14.4. The fraction of sp³-hybridized carbons (Fsp3) is 0.889. The number of piperazine rings is 1. The largest absolute Gasteiger partial charge is 0.372 e. The van der Waals surface area contributed by atoms with Crippen LogP contribution < -0.4 is 0 Å². The molecule has 0 aromatic carbocycles. The van der Waals surface area contributed by atoms with Crippen molar-refractivity contribution in [1.29, 1.82) is 0 Å². The van der Waals surface area contributed by atoms with Crippen molar-refractivity contribution in [3.63, 3.8) is 0 Å². The number of hydrogen-bond donors (Lipinski definition) is 0. The first kappa shape index (κ1) is 21.7. The molecule has 0 amide bonds. The van der Waals surface area contributed by atoms with Crippen LogP contribution in [0, 0.1) is 11.8 Å². The van der Waals surface area contributed by atoms with Crippen LogP contribution in [-0.4, -0.2) is 48.6 Å². The summed E-state index contributed by atoms with van der Waals surface area (Å²) in [5, 5.41) is 0. The van der Waals surface area contributed by atoms with Gasteiger partial charge in [-0.2, -0.15) is 0 Å². The highest BCUT2D eigenvalue weighted by Gasteiger charge is 2.27. The van der Waals surface area contributed by atoms with Crippen LogP contribution in [0.25, 0.3) is 0 Å². The molecule has 22 heavy (non-hydrogen) atoms. The van der Waals surface area contributed by atoms with Gasteiger partial charge in [0.1, 0.15) is 7.29 Å². The molecule has 1 aliphatic rings. The molecule has 1 rings (SSSR count). The highest BCUT2D eigenvalue weighted by atomic mass is 31.2. The lowest BCUT2D eigenvalue weighted by Gasteiger charge is -2.40. The molecule has 1 saturated heterocycles. The van der Waals surface area contributed by atoms with E-state index in [9.17, 15) is 4.57 Å². The van der Waals surface area contributed by atoms with Crippen molar-refractivity contribution in [2.75, 3.05) is 39.0 Å². The first-order chi connectivity index (χ1) is 10.2. The lowest BCUT2D eigenvalue weighted by atomic mass is 10.1. The van der Waals surface area contributed by atoms with Gasteiger partial charge in [0.25, 0.3) is 0 Å². The standard InChI is InChI=1S/C12H25N2OP.C6H14/c1-6-16(5,15)14-9-7-13(8-10-14)12(4)11(2)3;1-4-5-6(2)3/h11H,4,6-10H2,1-3,5H3;6H,4-5H2,1-3H3. The van der Waals surface area contributed by atoms with Gasteiger partial charge < -0.3 is 9.46 Å². The lowest BCUT2D eigenvalue weighted by Crippen LogP contribution is -2.44. The molecule has 0 N–H and O–H groups in total. The molecule has 1 heterocycles. The molecule has 1 unspecified atom stereocenters. The molecule has 1 fully saturated rings. The van der Waals surface area contributed by atoms with E-state index in [0.29, 0.717) is 5.92 Å². The summed E-state index contributed by atoms with van der Waals surface area (Å²) in [6, 6.07) is 0. The van der Waals surface area contributed by atoms with Gasteiger partial charge in [0.05, 0.1) is 0 Å². The van der Waals surface area contributed by atoms with Crippen LogP contribution in [-0.2, 0) is 4.57 Å². The van der Waals surface area contributed by atoms with Gasteiger partial charge in [-0.25, -0.2) is 4.67 Å². The maximum Gasteiger partial charge on any atom is 0.147 e. The third-order valence-electron chi connectivity index (χ3n) is 4.38. The van der Waals surface area contributed by atoms with Crippen molar-refractivity contribution in [3.05, 3.63) is 12.3 Å². The van der Waals surface area contributed by atoms with Crippen molar-refractivity contribution in [2.24, 2.45) is 11.8 Å². The molecule has 0 aromatic heterocycles. The van der Waals surface area contributed by atoms with E-state index in [0.717, 1.165) is 38.3 Å². The Morgan fingerprint density at radius 2 is 1.59 bits per heavy atom. The number of allylic oxidation sites excluding steroid dienone is 1. The van der Waals surface area contributed by atoms with Gasteiger partial charge in [0.2, 0.25) is 0 Å². The minimum absolute atomic E-state index is 0.506. The first-order valence-electron chi connectivity index (χ1n) is 8.91. The van der Waals surface area contributed by atoms with E-state index >= 15 is 0 Å². The summed E-state index contributed by atoms with van der Waals surface area (Å²) in [6.07, 6.45) is 3.48. The number of hydrogen-bond acceptors (Lipinski definition) is 2. The Morgan fingerprint density at radius 1 is 1.09 bits per heavy atom. The minimum atomic E-state index is -2.05.